The largest absolute Gasteiger partial charge is 0.482 e. The third-order valence-electron chi connectivity index (χ3n) is 5.55. The highest BCUT2D eigenvalue weighted by atomic mass is 32.2. The summed E-state index contributed by atoms with van der Waals surface area (Å²) in [7, 11) is 0. The number of alkyl halides is 3. The first-order chi connectivity index (χ1) is 17.8. The van der Waals surface area contributed by atoms with Gasteiger partial charge in [-0.25, -0.2) is 4.79 Å². The van der Waals surface area contributed by atoms with Gasteiger partial charge in [0.15, 0.2) is 6.61 Å². The quantitative estimate of drug-likeness (QED) is 0.227. The van der Waals surface area contributed by atoms with Crippen molar-refractivity contribution in [2.75, 3.05) is 12.4 Å². The highest BCUT2D eigenvalue weighted by molar-refractivity contribution is 7.99. The van der Waals surface area contributed by atoms with Crippen LogP contribution in [0, 0.1) is 0 Å². The monoisotopic (exact) mass is 520 g/mol. The van der Waals surface area contributed by atoms with E-state index in [0.717, 1.165) is 22.1 Å². The molecule has 0 aliphatic carbocycles. The molecule has 3 nitrogen and oxygen atoms in total. The third-order valence-corrected chi connectivity index (χ3v) is 6.49. The summed E-state index contributed by atoms with van der Waals surface area (Å²) in [5, 5.41) is 8.72. The van der Waals surface area contributed by atoms with E-state index >= 15 is 0 Å². The van der Waals surface area contributed by atoms with Crippen molar-refractivity contribution in [2.45, 2.75) is 11.1 Å². The molecule has 0 fully saturated rings. The van der Waals surface area contributed by atoms with Gasteiger partial charge in [0.1, 0.15) is 5.75 Å². The van der Waals surface area contributed by atoms with Gasteiger partial charge in [-0.2, -0.15) is 13.2 Å². The van der Waals surface area contributed by atoms with E-state index in [4.69, 9.17) is 9.84 Å². The Hall–Kier alpha value is -3.97. The summed E-state index contributed by atoms with van der Waals surface area (Å²) in [6.45, 7) is -0.430. The number of carboxylic acid groups (broad SMARTS) is 1. The summed E-state index contributed by atoms with van der Waals surface area (Å²) < 4.78 is 46.7. The fourth-order valence-electron chi connectivity index (χ4n) is 3.82. The van der Waals surface area contributed by atoms with Crippen LogP contribution in [0.5, 0.6) is 5.75 Å². The Morgan fingerprint density at radius 3 is 2.08 bits per heavy atom. The highest BCUT2D eigenvalue weighted by Gasteiger charge is 2.33. The fourth-order valence-corrected chi connectivity index (χ4v) is 4.59. The molecular weight excluding hydrogens is 497 g/mol. The molecule has 1 N–H and O–H groups in total. The standard InChI is InChI=1S/C30H23F3O3S/c31-30(32,33)28-9-5-4-8-27(28)26(23-12-10-22(11-13-23)21-6-2-1-3-7-21)18-19-37-25-16-14-24(15-17-25)36-20-29(34)35/h1-18H,19-20H2,(H,34,35)/b26-18-. The zero-order valence-electron chi connectivity index (χ0n) is 19.6. The lowest BCUT2D eigenvalue weighted by molar-refractivity contribution is -0.139. The molecule has 4 aromatic rings. The summed E-state index contributed by atoms with van der Waals surface area (Å²) in [6, 6.07) is 29.8. The molecule has 0 radical (unpaired) electrons. The van der Waals surface area contributed by atoms with Gasteiger partial charge < -0.3 is 9.84 Å². The van der Waals surface area contributed by atoms with E-state index in [0.29, 0.717) is 22.6 Å². The molecule has 0 amide bonds. The zero-order valence-corrected chi connectivity index (χ0v) is 20.4. The van der Waals surface area contributed by atoms with Crippen LogP contribution < -0.4 is 4.74 Å². The molecule has 0 bridgehead atoms. The van der Waals surface area contributed by atoms with Crippen LogP contribution in [-0.2, 0) is 11.0 Å². The first-order valence-electron chi connectivity index (χ1n) is 11.4. The SMILES string of the molecule is O=C(O)COc1ccc(SC/C=C(/c2ccc(-c3ccccc3)cc2)c2ccccc2C(F)(F)F)cc1. The summed E-state index contributed by atoms with van der Waals surface area (Å²) >= 11 is 1.46. The molecule has 188 valence electrons. The molecular formula is C30H23F3O3S. The van der Waals surface area contributed by atoms with Crippen LogP contribution >= 0.6 is 11.8 Å². The predicted molar refractivity (Wildman–Crippen MR) is 141 cm³/mol. The molecule has 7 heteroatoms. The third kappa shape index (κ3) is 7.05. The molecule has 0 aromatic heterocycles. The number of halogens is 3. The van der Waals surface area contributed by atoms with Crippen molar-refractivity contribution < 1.29 is 27.8 Å². The maximum Gasteiger partial charge on any atom is 0.417 e. The van der Waals surface area contributed by atoms with Crippen LogP contribution in [0.25, 0.3) is 16.7 Å². The number of benzene rings is 4. The molecule has 0 heterocycles. The Kier molecular flexibility index (Phi) is 8.36. The van der Waals surface area contributed by atoms with Crippen molar-refractivity contribution in [3.8, 4) is 16.9 Å². The number of carboxylic acids is 1. The van der Waals surface area contributed by atoms with Crippen molar-refractivity contribution in [3.63, 3.8) is 0 Å². The van der Waals surface area contributed by atoms with Gasteiger partial charge in [0, 0.05) is 10.6 Å². The number of hydrogen-bond donors (Lipinski definition) is 1. The first-order valence-corrected chi connectivity index (χ1v) is 12.4. The Labute approximate surface area is 217 Å². The number of hydrogen-bond acceptors (Lipinski definition) is 3. The van der Waals surface area contributed by atoms with E-state index in [1.807, 2.05) is 60.7 Å². The predicted octanol–water partition coefficient (Wildman–Crippen LogP) is 8.06. The van der Waals surface area contributed by atoms with Gasteiger partial charge in [-0.15, -0.1) is 11.8 Å². The van der Waals surface area contributed by atoms with Crippen molar-refractivity contribution in [3.05, 3.63) is 126 Å². The van der Waals surface area contributed by atoms with Crippen LogP contribution in [0.3, 0.4) is 0 Å². The lowest BCUT2D eigenvalue weighted by Crippen LogP contribution is -2.09. The number of rotatable bonds is 9. The first kappa shape index (κ1) is 26.1. The summed E-state index contributed by atoms with van der Waals surface area (Å²) in [6.07, 6.45) is -2.68. The molecule has 0 saturated carbocycles. The molecule has 0 unspecified atom stereocenters. The lowest BCUT2D eigenvalue weighted by Gasteiger charge is -2.16. The Bertz CT molecular complexity index is 1360. The Balaban J connectivity index is 1.62. The number of aliphatic carboxylic acids is 1. The fraction of sp³-hybridized carbons (Fsp3) is 0.100. The van der Waals surface area contributed by atoms with Crippen molar-refractivity contribution >= 4 is 23.3 Å². The summed E-state index contributed by atoms with van der Waals surface area (Å²) in [4.78, 5) is 11.5. The average Bonchev–Trinajstić information content (AvgIpc) is 2.91. The van der Waals surface area contributed by atoms with Gasteiger partial charge in [-0.05, 0) is 58.2 Å². The van der Waals surface area contributed by atoms with Crippen LogP contribution in [-0.4, -0.2) is 23.4 Å². The van der Waals surface area contributed by atoms with Gasteiger partial charge in [0.05, 0.1) is 5.56 Å². The Morgan fingerprint density at radius 2 is 1.43 bits per heavy atom. The average molecular weight is 521 g/mol. The van der Waals surface area contributed by atoms with Crippen LogP contribution in [0.15, 0.2) is 114 Å². The second-order valence-corrected chi connectivity index (χ2v) is 9.16. The van der Waals surface area contributed by atoms with Gasteiger partial charge in [0.25, 0.3) is 0 Å². The van der Waals surface area contributed by atoms with Crippen LogP contribution in [0.4, 0.5) is 13.2 Å². The highest BCUT2D eigenvalue weighted by Crippen LogP contribution is 2.38. The molecule has 4 rings (SSSR count). The minimum Gasteiger partial charge on any atom is -0.482 e. The summed E-state index contributed by atoms with van der Waals surface area (Å²) in [5.74, 6) is -0.204. The Morgan fingerprint density at radius 1 is 0.811 bits per heavy atom. The van der Waals surface area contributed by atoms with E-state index < -0.39 is 24.3 Å². The van der Waals surface area contributed by atoms with E-state index in [-0.39, 0.29) is 5.56 Å². The maximum absolute atomic E-state index is 13.9. The maximum atomic E-state index is 13.9. The number of ether oxygens (including phenoxy) is 1. The smallest absolute Gasteiger partial charge is 0.417 e. The van der Waals surface area contributed by atoms with Crippen molar-refractivity contribution in [1.29, 1.82) is 0 Å². The number of thioether (sulfide) groups is 1. The van der Waals surface area contributed by atoms with Gasteiger partial charge in [-0.3, -0.25) is 0 Å². The van der Waals surface area contributed by atoms with Crippen molar-refractivity contribution in [1.82, 2.24) is 0 Å². The topological polar surface area (TPSA) is 46.5 Å². The van der Waals surface area contributed by atoms with Crippen LogP contribution in [0.2, 0.25) is 0 Å². The molecule has 4 aromatic carbocycles. The second-order valence-electron chi connectivity index (χ2n) is 8.07. The van der Waals surface area contributed by atoms with Gasteiger partial charge >= 0.3 is 12.1 Å². The normalized spacial score (nSPS) is 11.8. The second kappa shape index (κ2) is 11.8. The van der Waals surface area contributed by atoms with E-state index in [9.17, 15) is 18.0 Å². The lowest BCUT2D eigenvalue weighted by atomic mass is 9.92. The molecule has 0 spiro atoms. The molecule has 0 aliphatic heterocycles. The van der Waals surface area contributed by atoms with Crippen LogP contribution in [0.1, 0.15) is 16.7 Å². The zero-order chi connectivity index (χ0) is 26.3. The van der Waals surface area contributed by atoms with Gasteiger partial charge in [0.2, 0.25) is 0 Å². The molecule has 0 atom stereocenters. The molecule has 0 aliphatic rings. The van der Waals surface area contributed by atoms with Gasteiger partial charge in [-0.1, -0.05) is 78.9 Å². The minimum absolute atomic E-state index is 0.125. The summed E-state index contributed by atoms with van der Waals surface area (Å²) in [5.41, 5.74) is 2.64. The number of carbonyl (C=O) groups is 1. The molecule has 0 saturated heterocycles. The van der Waals surface area contributed by atoms with E-state index in [1.54, 1.807) is 30.3 Å². The minimum atomic E-state index is -4.49. The molecule has 37 heavy (non-hydrogen) atoms. The van der Waals surface area contributed by atoms with E-state index in [2.05, 4.69) is 0 Å². The van der Waals surface area contributed by atoms with Crippen molar-refractivity contribution in [2.24, 2.45) is 0 Å². The van der Waals surface area contributed by atoms with E-state index in [1.165, 1.54) is 23.9 Å².